The van der Waals surface area contributed by atoms with Crippen LogP contribution in [-0.4, -0.2) is 15.6 Å². The van der Waals surface area contributed by atoms with Gasteiger partial charge in [0.2, 0.25) is 0 Å². The smallest absolute Gasteiger partial charge is 0.337 e. The summed E-state index contributed by atoms with van der Waals surface area (Å²) in [7, 11) is 0. The fraction of sp³-hybridized carbons (Fsp3) is 0.357. The van der Waals surface area contributed by atoms with Gasteiger partial charge in [-0.1, -0.05) is 31.0 Å². The third-order valence-electron chi connectivity index (χ3n) is 3.49. The zero-order valence-corrected chi connectivity index (χ0v) is 9.60. The number of benzene rings is 1. The molecule has 3 rings (SSSR count). The van der Waals surface area contributed by atoms with E-state index in [4.69, 9.17) is 0 Å². The Kier molecular flexibility index (Phi) is 2.39. The second-order valence-corrected chi connectivity index (χ2v) is 4.79. The second kappa shape index (κ2) is 3.91. The van der Waals surface area contributed by atoms with Crippen molar-refractivity contribution in [3.63, 3.8) is 0 Å². The third kappa shape index (κ3) is 1.93. The number of aryl methyl sites for hydroxylation is 1. The van der Waals surface area contributed by atoms with Gasteiger partial charge in [-0.15, -0.1) is 0 Å². The minimum atomic E-state index is -0.841. The van der Waals surface area contributed by atoms with E-state index in [0.29, 0.717) is 5.56 Å². The minimum absolute atomic E-state index is 0.413. The number of nitrogens with zero attached hydrogens (tertiary/aromatic N) is 1. The van der Waals surface area contributed by atoms with Crippen LogP contribution in [0.3, 0.4) is 0 Å². The molecule has 1 heterocycles. The van der Waals surface area contributed by atoms with E-state index in [1.165, 1.54) is 12.8 Å². The molecule has 1 aliphatic rings. The molecule has 0 spiro atoms. The van der Waals surface area contributed by atoms with Gasteiger partial charge in [0.25, 0.3) is 0 Å². The standard InChI is InChI=1S/C14H15NO2/c16-14(17)12-9-15(8-7-10-5-6-10)13-4-2-1-3-11(12)13/h1-4,9-10H,5-8H2,(H,16,17). The Morgan fingerprint density at radius 2 is 2.12 bits per heavy atom. The average molecular weight is 229 g/mol. The highest BCUT2D eigenvalue weighted by molar-refractivity contribution is 6.03. The molecule has 17 heavy (non-hydrogen) atoms. The van der Waals surface area contributed by atoms with E-state index < -0.39 is 5.97 Å². The highest BCUT2D eigenvalue weighted by Gasteiger charge is 2.21. The Labute approximate surface area is 99.7 Å². The molecule has 1 N–H and O–H groups in total. The molecule has 1 aliphatic carbocycles. The van der Waals surface area contributed by atoms with Gasteiger partial charge in [-0.3, -0.25) is 0 Å². The maximum absolute atomic E-state index is 11.2. The molecule has 1 fully saturated rings. The first-order chi connectivity index (χ1) is 8.25. The van der Waals surface area contributed by atoms with Gasteiger partial charge >= 0.3 is 5.97 Å². The van der Waals surface area contributed by atoms with Crippen LogP contribution in [0.5, 0.6) is 0 Å². The number of aromatic carboxylic acids is 1. The van der Waals surface area contributed by atoms with Crippen LogP contribution < -0.4 is 0 Å². The molecule has 0 amide bonds. The highest BCUT2D eigenvalue weighted by atomic mass is 16.4. The number of fused-ring (bicyclic) bond motifs is 1. The molecule has 88 valence electrons. The van der Waals surface area contributed by atoms with Crippen molar-refractivity contribution in [2.24, 2.45) is 5.92 Å². The van der Waals surface area contributed by atoms with Crippen LogP contribution in [0.1, 0.15) is 29.6 Å². The zero-order chi connectivity index (χ0) is 11.8. The van der Waals surface area contributed by atoms with E-state index in [1.807, 2.05) is 24.3 Å². The van der Waals surface area contributed by atoms with Crippen molar-refractivity contribution in [1.29, 1.82) is 0 Å². The first-order valence-electron chi connectivity index (χ1n) is 6.07. The normalized spacial score (nSPS) is 15.3. The largest absolute Gasteiger partial charge is 0.478 e. The lowest BCUT2D eigenvalue weighted by molar-refractivity contribution is 0.0699. The van der Waals surface area contributed by atoms with Crippen molar-refractivity contribution in [2.45, 2.75) is 25.8 Å². The predicted octanol–water partition coefficient (Wildman–Crippen LogP) is 3.14. The van der Waals surface area contributed by atoms with Gasteiger partial charge in [-0.05, 0) is 18.4 Å². The van der Waals surface area contributed by atoms with Crippen LogP contribution in [0.2, 0.25) is 0 Å². The number of para-hydroxylation sites is 1. The van der Waals surface area contributed by atoms with E-state index in [9.17, 15) is 9.90 Å². The van der Waals surface area contributed by atoms with Crippen molar-refractivity contribution < 1.29 is 9.90 Å². The summed E-state index contributed by atoms with van der Waals surface area (Å²) in [5.41, 5.74) is 1.45. The summed E-state index contributed by atoms with van der Waals surface area (Å²) in [6, 6.07) is 7.72. The summed E-state index contributed by atoms with van der Waals surface area (Å²) in [5, 5.41) is 10.0. The van der Waals surface area contributed by atoms with Crippen LogP contribution >= 0.6 is 0 Å². The summed E-state index contributed by atoms with van der Waals surface area (Å²) >= 11 is 0. The Morgan fingerprint density at radius 1 is 1.35 bits per heavy atom. The number of aromatic nitrogens is 1. The number of carboxylic acid groups (broad SMARTS) is 1. The van der Waals surface area contributed by atoms with E-state index in [0.717, 1.165) is 29.8 Å². The highest BCUT2D eigenvalue weighted by Crippen LogP contribution is 2.33. The topological polar surface area (TPSA) is 42.2 Å². The first kappa shape index (κ1) is 10.4. The fourth-order valence-corrected chi connectivity index (χ4v) is 2.33. The number of rotatable bonds is 4. The van der Waals surface area contributed by atoms with Crippen molar-refractivity contribution in [3.05, 3.63) is 36.0 Å². The molecule has 0 unspecified atom stereocenters. The van der Waals surface area contributed by atoms with Crippen LogP contribution in [-0.2, 0) is 6.54 Å². The number of hydrogen-bond donors (Lipinski definition) is 1. The van der Waals surface area contributed by atoms with Crippen LogP contribution in [0, 0.1) is 5.92 Å². The lowest BCUT2D eigenvalue weighted by Gasteiger charge is -2.03. The molecule has 1 saturated carbocycles. The fourth-order valence-electron chi connectivity index (χ4n) is 2.33. The number of hydrogen-bond acceptors (Lipinski definition) is 1. The molecule has 0 radical (unpaired) electrons. The third-order valence-corrected chi connectivity index (χ3v) is 3.49. The zero-order valence-electron chi connectivity index (χ0n) is 9.60. The first-order valence-corrected chi connectivity index (χ1v) is 6.07. The van der Waals surface area contributed by atoms with Gasteiger partial charge in [0, 0.05) is 23.6 Å². The summed E-state index contributed by atoms with van der Waals surface area (Å²) in [5.74, 6) is 0.0239. The Balaban J connectivity index is 2.00. The van der Waals surface area contributed by atoms with E-state index in [-0.39, 0.29) is 0 Å². The summed E-state index contributed by atoms with van der Waals surface area (Å²) in [4.78, 5) is 11.2. The lowest BCUT2D eigenvalue weighted by Crippen LogP contribution is -1.98. The molecular formula is C14H15NO2. The Bertz CT molecular complexity index is 567. The molecule has 0 bridgehead atoms. The van der Waals surface area contributed by atoms with Crippen LogP contribution in [0.15, 0.2) is 30.5 Å². The molecule has 1 aromatic carbocycles. The average Bonchev–Trinajstić information content (AvgIpc) is 3.07. The van der Waals surface area contributed by atoms with Crippen LogP contribution in [0.25, 0.3) is 10.9 Å². The monoisotopic (exact) mass is 229 g/mol. The summed E-state index contributed by atoms with van der Waals surface area (Å²) in [6.07, 6.45) is 5.61. The summed E-state index contributed by atoms with van der Waals surface area (Å²) < 4.78 is 2.08. The van der Waals surface area contributed by atoms with E-state index in [1.54, 1.807) is 6.20 Å². The van der Waals surface area contributed by atoms with Gasteiger partial charge < -0.3 is 9.67 Å². The molecular weight excluding hydrogens is 214 g/mol. The SMILES string of the molecule is O=C(O)c1cn(CCC2CC2)c2ccccc12. The van der Waals surface area contributed by atoms with Gasteiger partial charge in [0.1, 0.15) is 0 Å². The van der Waals surface area contributed by atoms with Gasteiger partial charge in [-0.2, -0.15) is 0 Å². The lowest BCUT2D eigenvalue weighted by atomic mass is 10.2. The van der Waals surface area contributed by atoms with Gasteiger partial charge in [0.15, 0.2) is 0 Å². The molecule has 0 atom stereocenters. The van der Waals surface area contributed by atoms with Crippen molar-refractivity contribution in [1.82, 2.24) is 4.57 Å². The maximum atomic E-state index is 11.2. The second-order valence-electron chi connectivity index (χ2n) is 4.79. The number of carboxylic acids is 1. The van der Waals surface area contributed by atoms with E-state index >= 15 is 0 Å². The molecule has 0 aliphatic heterocycles. The quantitative estimate of drug-likeness (QED) is 0.875. The van der Waals surface area contributed by atoms with Gasteiger partial charge in [-0.25, -0.2) is 4.79 Å². The molecule has 3 nitrogen and oxygen atoms in total. The maximum Gasteiger partial charge on any atom is 0.337 e. The summed E-state index contributed by atoms with van der Waals surface area (Å²) in [6.45, 7) is 0.929. The molecule has 0 saturated heterocycles. The van der Waals surface area contributed by atoms with Gasteiger partial charge in [0.05, 0.1) is 5.56 Å². The van der Waals surface area contributed by atoms with E-state index in [2.05, 4.69) is 4.57 Å². The molecule has 3 heteroatoms. The Morgan fingerprint density at radius 3 is 2.82 bits per heavy atom. The van der Waals surface area contributed by atoms with Crippen molar-refractivity contribution in [3.8, 4) is 0 Å². The van der Waals surface area contributed by atoms with Crippen molar-refractivity contribution in [2.75, 3.05) is 0 Å². The number of carbonyl (C=O) groups is 1. The Hall–Kier alpha value is -1.77. The van der Waals surface area contributed by atoms with Crippen molar-refractivity contribution >= 4 is 16.9 Å². The minimum Gasteiger partial charge on any atom is -0.478 e. The molecule has 2 aromatic rings. The predicted molar refractivity (Wildman–Crippen MR) is 66.2 cm³/mol. The molecule has 1 aromatic heterocycles. The van der Waals surface area contributed by atoms with Crippen LogP contribution in [0.4, 0.5) is 0 Å².